The Balaban J connectivity index is 1.60. The van der Waals surface area contributed by atoms with Crippen molar-refractivity contribution in [1.82, 2.24) is 10.2 Å². The van der Waals surface area contributed by atoms with Crippen LogP contribution in [0.5, 0.6) is 0 Å². The molecule has 1 aliphatic rings. The molecule has 118 valence electrons. The van der Waals surface area contributed by atoms with Crippen molar-refractivity contribution in [3.05, 3.63) is 21.9 Å². The number of amides is 1. The van der Waals surface area contributed by atoms with E-state index in [0.717, 1.165) is 50.1 Å². The Kier molecular flexibility index (Phi) is 6.21. The van der Waals surface area contributed by atoms with Crippen molar-refractivity contribution in [2.24, 2.45) is 0 Å². The molecule has 1 amide bonds. The molecule has 5 heteroatoms. The maximum absolute atomic E-state index is 11.9. The molecule has 0 spiro atoms. The van der Waals surface area contributed by atoms with E-state index in [9.17, 15) is 4.79 Å². The van der Waals surface area contributed by atoms with Crippen LogP contribution in [0.15, 0.2) is 10.8 Å². The number of thiophene rings is 1. The number of aryl methyl sites for hydroxylation is 1. The summed E-state index contributed by atoms with van der Waals surface area (Å²) in [5, 5.41) is 6.93. The summed E-state index contributed by atoms with van der Waals surface area (Å²) in [6, 6.07) is 0. The molecule has 0 aliphatic carbocycles. The molecule has 2 rings (SSSR count). The van der Waals surface area contributed by atoms with E-state index in [4.69, 9.17) is 4.74 Å². The van der Waals surface area contributed by atoms with Crippen LogP contribution < -0.4 is 5.32 Å². The molecule has 1 fully saturated rings. The van der Waals surface area contributed by atoms with Gasteiger partial charge in [0, 0.05) is 25.0 Å². The van der Waals surface area contributed by atoms with E-state index >= 15 is 0 Å². The van der Waals surface area contributed by atoms with E-state index in [2.05, 4.69) is 24.1 Å². The number of carbonyl (C=O) groups excluding carboxylic acids is 1. The molecule has 0 aromatic carbocycles. The van der Waals surface area contributed by atoms with Crippen molar-refractivity contribution in [2.75, 3.05) is 26.2 Å². The van der Waals surface area contributed by atoms with Crippen LogP contribution in [0.4, 0.5) is 0 Å². The quantitative estimate of drug-likeness (QED) is 0.821. The van der Waals surface area contributed by atoms with Crippen molar-refractivity contribution in [1.29, 1.82) is 0 Å². The molecule has 4 nitrogen and oxygen atoms in total. The number of morpholine rings is 1. The van der Waals surface area contributed by atoms with E-state index < -0.39 is 0 Å². The molecule has 1 aromatic rings. The maximum Gasteiger partial charge on any atom is 0.252 e. The number of nitrogens with zero attached hydrogens (tertiary/aromatic N) is 1. The van der Waals surface area contributed by atoms with Crippen molar-refractivity contribution in [3.63, 3.8) is 0 Å². The monoisotopic (exact) mass is 310 g/mol. The van der Waals surface area contributed by atoms with Crippen molar-refractivity contribution in [2.45, 2.75) is 45.8 Å². The van der Waals surface area contributed by atoms with Crippen LogP contribution in [0.1, 0.15) is 42.6 Å². The summed E-state index contributed by atoms with van der Waals surface area (Å²) in [4.78, 5) is 14.4. The standard InChI is InChI=1S/C16H26N2O2S/c1-12-10-21-11-15(12)16(19)17-6-4-5-7-18-8-13(2)20-14(3)9-18/h10-11,13-14H,4-9H2,1-3H3,(H,17,19)/t13-,14+. The molecule has 0 unspecified atom stereocenters. The fourth-order valence-corrected chi connectivity index (χ4v) is 3.65. The summed E-state index contributed by atoms with van der Waals surface area (Å²) < 4.78 is 5.73. The van der Waals surface area contributed by atoms with Crippen LogP contribution in [0, 0.1) is 6.92 Å². The zero-order chi connectivity index (χ0) is 15.2. The summed E-state index contributed by atoms with van der Waals surface area (Å²) in [7, 11) is 0. The second-order valence-electron chi connectivity index (χ2n) is 5.95. The van der Waals surface area contributed by atoms with Gasteiger partial charge in [0.05, 0.1) is 17.8 Å². The van der Waals surface area contributed by atoms with E-state index in [1.165, 1.54) is 0 Å². The molecule has 1 N–H and O–H groups in total. The highest BCUT2D eigenvalue weighted by Gasteiger charge is 2.21. The Hall–Kier alpha value is -0.910. The van der Waals surface area contributed by atoms with Gasteiger partial charge in [-0.3, -0.25) is 9.69 Å². The predicted molar refractivity (Wildman–Crippen MR) is 87.1 cm³/mol. The van der Waals surface area contributed by atoms with E-state index in [0.29, 0.717) is 12.2 Å². The molecule has 2 heterocycles. The second kappa shape index (κ2) is 7.92. The number of ether oxygens (including phenoxy) is 1. The Bertz CT molecular complexity index is 451. The lowest BCUT2D eigenvalue weighted by molar-refractivity contribution is -0.0681. The van der Waals surface area contributed by atoms with Crippen LogP contribution in [0.3, 0.4) is 0 Å². The van der Waals surface area contributed by atoms with Crippen LogP contribution in [-0.4, -0.2) is 49.2 Å². The van der Waals surface area contributed by atoms with Gasteiger partial charge < -0.3 is 10.1 Å². The number of unbranched alkanes of at least 4 members (excludes halogenated alkanes) is 1. The van der Waals surface area contributed by atoms with E-state index in [-0.39, 0.29) is 5.91 Å². The minimum atomic E-state index is 0.0577. The third-order valence-corrected chi connectivity index (χ3v) is 4.64. The van der Waals surface area contributed by atoms with Crippen LogP contribution in [0.2, 0.25) is 0 Å². The first-order valence-corrected chi connectivity index (χ1v) is 8.69. The zero-order valence-corrected chi connectivity index (χ0v) is 14.0. The predicted octanol–water partition coefficient (Wildman–Crippen LogP) is 2.68. The van der Waals surface area contributed by atoms with Crippen molar-refractivity contribution >= 4 is 17.2 Å². The molecule has 21 heavy (non-hydrogen) atoms. The molecule has 2 atom stereocenters. The molecule has 0 bridgehead atoms. The topological polar surface area (TPSA) is 41.6 Å². The number of carbonyl (C=O) groups is 1. The summed E-state index contributed by atoms with van der Waals surface area (Å²) in [5.74, 6) is 0.0577. The fraction of sp³-hybridized carbons (Fsp3) is 0.688. The lowest BCUT2D eigenvalue weighted by Gasteiger charge is -2.35. The minimum absolute atomic E-state index is 0.0577. The number of hydrogen-bond acceptors (Lipinski definition) is 4. The fourth-order valence-electron chi connectivity index (χ4n) is 2.82. The molecule has 0 radical (unpaired) electrons. The summed E-state index contributed by atoms with van der Waals surface area (Å²) in [6.45, 7) is 10.1. The molecule has 1 aromatic heterocycles. The summed E-state index contributed by atoms with van der Waals surface area (Å²) in [5.41, 5.74) is 1.88. The first-order chi connectivity index (χ1) is 10.1. The van der Waals surface area contributed by atoms with Crippen molar-refractivity contribution in [3.8, 4) is 0 Å². The first-order valence-electron chi connectivity index (χ1n) is 7.75. The van der Waals surface area contributed by atoms with Gasteiger partial charge in [-0.05, 0) is 51.1 Å². The Morgan fingerprint density at radius 3 is 2.67 bits per heavy atom. The smallest absolute Gasteiger partial charge is 0.252 e. The first kappa shape index (κ1) is 16.5. The normalized spacial score (nSPS) is 23.2. The maximum atomic E-state index is 11.9. The van der Waals surface area contributed by atoms with E-state index in [1.807, 2.05) is 17.7 Å². The number of nitrogens with one attached hydrogen (secondary N) is 1. The molecular formula is C16H26N2O2S. The Morgan fingerprint density at radius 1 is 1.33 bits per heavy atom. The van der Waals surface area contributed by atoms with Crippen LogP contribution in [0.25, 0.3) is 0 Å². The minimum Gasteiger partial charge on any atom is -0.373 e. The van der Waals surface area contributed by atoms with Gasteiger partial charge in [-0.15, -0.1) is 0 Å². The van der Waals surface area contributed by atoms with Gasteiger partial charge in [-0.2, -0.15) is 11.3 Å². The third kappa shape index (κ3) is 5.09. The number of hydrogen-bond donors (Lipinski definition) is 1. The van der Waals surface area contributed by atoms with Gasteiger partial charge in [-0.1, -0.05) is 0 Å². The highest BCUT2D eigenvalue weighted by Crippen LogP contribution is 2.13. The Morgan fingerprint density at radius 2 is 2.05 bits per heavy atom. The average molecular weight is 310 g/mol. The Labute approximate surface area is 131 Å². The highest BCUT2D eigenvalue weighted by atomic mass is 32.1. The molecule has 1 saturated heterocycles. The summed E-state index contributed by atoms with van der Waals surface area (Å²) >= 11 is 1.58. The lowest BCUT2D eigenvalue weighted by atomic mass is 10.2. The number of rotatable bonds is 6. The van der Waals surface area contributed by atoms with Gasteiger partial charge in [0.1, 0.15) is 0 Å². The van der Waals surface area contributed by atoms with Gasteiger partial charge in [-0.25, -0.2) is 0 Å². The molecule has 1 aliphatic heterocycles. The third-order valence-electron chi connectivity index (χ3n) is 3.78. The van der Waals surface area contributed by atoms with Crippen LogP contribution >= 0.6 is 11.3 Å². The summed E-state index contributed by atoms with van der Waals surface area (Å²) in [6.07, 6.45) is 2.79. The van der Waals surface area contributed by atoms with Gasteiger partial charge >= 0.3 is 0 Å². The molecule has 0 saturated carbocycles. The van der Waals surface area contributed by atoms with Gasteiger partial charge in [0.15, 0.2) is 0 Å². The van der Waals surface area contributed by atoms with Crippen molar-refractivity contribution < 1.29 is 9.53 Å². The van der Waals surface area contributed by atoms with Crippen LogP contribution in [-0.2, 0) is 4.74 Å². The lowest BCUT2D eigenvalue weighted by Crippen LogP contribution is -2.45. The van der Waals surface area contributed by atoms with Gasteiger partial charge in [0.2, 0.25) is 0 Å². The van der Waals surface area contributed by atoms with Gasteiger partial charge in [0.25, 0.3) is 5.91 Å². The average Bonchev–Trinajstić information content (AvgIpc) is 2.83. The highest BCUT2D eigenvalue weighted by molar-refractivity contribution is 7.08. The zero-order valence-electron chi connectivity index (χ0n) is 13.2. The molecular weight excluding hydrogens is 284 g/mol. The largest absolute Gasteiger partial charge is 0.373 e. The van der Waals surface area contributed by atoms with E-state index in [1.54, 1.807) is 11.3 Å². The SMILES string of the molecule is Cc1cscc1C(=O)NCCCCN1C[C@@H](C)O[C@@H](C)C1. The second-order valence-corrected chi connectivity index (χ2v) is 6.69.